The van der Waals surface area contributed by atoms with Crippen molar-refractivity contribution in [3.05, 3.63) is 36.4 Å². The summed E-state index contributed by atoms with van der Waals surface area (Å²) in [4.78, 5) is 4.80. The Morgan fingerprint density at radius 3 is 2.52 bits per heavy atom. The third kappa shape index (κ3) is 6.03. The summed E-state index contributed by atoms with van der Waals surface area (Å²) in [5.74, 6) is 0.120. The van der Waals surface area contributed by atoms with Crippen LogP contribution in [0, 0.1) is 0 Å². The van der Waals surface area contributed by atoms with Crippen LogP contribution in [0.3, 0.4) is 0 Å². The van der Waals surface area contributed by atoms with Gasteiger partial charge < -0.3 is 9.63 Å². The third-order valence-corrected chi connectivity index (χ3v) is 9.36. The number of pyridine rings is 1. The van der Waals surface area contributed by atoms with E-state index in [9.17, 15) is 13.5 Å². The highest BCUT2D eigenvalue weighted by atomic mass is 32.5. The second-order valence-corrected chi connectivity index (χ2v) is 12.8. The van der Waals surface area contributed by atoms with Gasteiger partial charge in [0.1, 0.15) is 0 Å². The van der Waals surface area contributed by atoms with Crippen molar-refractivity contribution in [1.29, 1.82) is 0 Å². The number of rotatable bonds is 11. The quantitative estimate of drug-likeness (QED) is 0.243. The third-order valence-electron chi connectivity index (χ3n) is 5.03. The molecule has 2 atom stereocenters. The second kappa shape index (κ2) is 10.7. The summed E-state index contributed by atoms with van der Waals surface area (Å²) in [5.41, 5.74) is 1.03. The van der Waals surface area contributed by atoms with E-state index < -0.39 is 16.6 Å². The van der Waals surface area contributed by atoms with Crippen molar-refractivity contribution in [3.8, 4) is 11.5 Å². The summed E-state index contributed by atoms with van der Waals surface area (Å²) >= 11 is 5.56. The number of benzene rings is 2. The molecule has 0 aliphatic carbocycles. The summed E-state index contributed by atoms with van der Waals surface area (Å²) in [5, 5.41) is 12.1. The number of aromatic nitrogens is 1. The highest BCUT2D eigenvalue weighted by Gasteiger charge is 2.27. The maximum absolute atomic E-state index is 12.4. The average molecular weight is 512 g/mol. The number of phenolic OH excluding ortho intramolecular Hbond substituents is 1. The summed E-state index contributed by atoms with van der Waals surface area (Å²) in [6.45, 7) is 4.80. The van der Waals surface area contributed by atoms with Crippen LogP contribution in [0.15, 0.2) is 41.3 Å². The van der Waals surface area contributed by atoms with Crippen molar-refractivity contribution in [1.82, 2.24) is 4.98 Å². The van der Waals surface area contributed by atoms with E-state index in [0.29, 0.717) is 34.8 Å². The molecule has 1 aromatic heterocycles. The minimum Gasteiger partial charge on any atom is -0.504 e. The topological polar surface area (TPSA) is 95.0 Å². The monoisotopic (exact) mass is 511 g/mol. The first-order valence-corrected chi connectivity index (χ1v) is 15.2. The molecule has 0 saturated heterocycles. The van der Waals surface area contributed by atoms with E-state index in [1.807, 2.05) is 20.8 Å². The predicted octanol–water partition coefficient (Wildman–Crippen LogP) is 6.12. The number of fused-ring (bicyclic) bond motifs is 2. The SMILES string of the molecule is CCCC(C)OP(=S)(OCC)Oc1ccc2nc3cc(S(=O)(=O)CCC)ccc3cc2c1O. The van der Waals surface area contributed by atoms with Gasteiger partial charge in [0.05, 0.1) is 34.4 Å². The molecule has 2 unspecified atom stereocenters. The zero-order valence-electron chi connectivity index (χ0n) is 19.3. The van der Waals surface area contributed by atoms with E-state index in [0.717, 1.165) is 12.8 Å². The summed E-state index contributed by atoms with van der Waals surface area (Å²) in [6, 6.07) is 9.84. The first-order valence-electron chi connectivity index (χ1n) is 11.0. The van der Waals surface area contributed by atoms with Crippen LogP contribution < -0.4 is 4.52 Å². The molecule has 3 aromatic rings. The van der Waals surface area contributed by atoms with E-state index >= 15 is 0 Å². The smallest absolute Gasteiger partial charge is 0.380 e. The second-order valence-electron chi connectivity index (χ2n) is 7.80. The molecule has 33 heavy (non-hydrogen) atoms. The van der Waals surface area contributed by atoms with Gasteiger partial charge in [0.25, 0.3) is 0 Å². The molecule has 0 saturated carbocycles. The fourth-order valence-corrected chi connectivity index (χ4v) is 7.28. The largest absolute Gasteiger partial charge is 0.504 e. The first kappa shape index (κ1) is 25.8. The molecule has 1 N–H and O–H groups in total. The van der Waals surface area contributed by atoms with Crippen molar-refractivity contribution >= 4 is 50.2 Å². The van der Waals surface area contributed by atoms with Crippen LogP contribution in [0.25, 0.3) is 21.8 Å². The lowest BCUT2D eigenvalue weighted by molar-refractivity contribution is 0.152. The Bertz CT molecular complexity index is 1300. The summed E-state index contributed by atoms with van der Waals surface area (Å²) < 4.78 is 42.4. The Hall–Kier alpha value is -1.77. The standard InChI is InChI=1S/C23H30NO6PS2/c1-5-8-16(4)29-31(32,28-7-3)30-22-12-11-20-19(23(22)25)14-17-9-10-18(15-21(17)24-20)33(26,27)13-6-2/h9-12,14-16,25H,5-8,13H2,1-4H3. The molecule has 0 radical (unpaired) electrons. The van der Waals surface area contributed by atoms with E-state index in [4.69, 9.17) is 25.4 Å². The Morgan fingerprint density at radius 2 is 1.85 bits per heavy atom. The van der Waals surface area contributed by atoms with Gasteiger partial charge in [-0.05, 0) is 57.0 Å². The Labute approximate surface area is 200 Å². The van der Waals surface area contributed by atoms with Crippen LogP contribution in [-0.2, 0) is 30.7 Å². The van der Waals surface area contributed by atoms with E-state index in [1.165, 1.54) is 0 Å². The van der Waals surface area contributed by atoms with E-state index in [1.54, 1.807) is 36.4 Å². The van der Waals surface area contributed by atoms with Gasteiger partial charge in [0.15, 0.2) is 21.3 Å². The number of aromatic hydroxyl groups is 1. The van der Waals surface area contributed by atoms with Crippen molar-refractivity contribution in [2.75, 3.05) is 12.4 Å². The highest BCUT2D eigenvalue weighted by molar-refractivity contribution is 8.07. The molecule has 1 heterocycles. The Morgan fingerprint density at radius 1 is 1.09 bits per heavy atom. The van der Waals surface area contributed by atoms with Gasteiger partial charge in [0, 0.05) is 22.6 Å². The number of phenols is 1. The van der Waals surface area contributed by atoms with E-state index in [2.05, 4.69) is 11.9 Å². The molecule has 3 rings (SSSR count). The van der Waals surface area contributed by atoms with Crippen molar-refractivity contribution in [2.24, 2.45) is 0 Å². The lowest BCUT2D eigenvalue weighted by Gasteiger charge is -2.25. The normalized spacial score (nSPS) is 14.9. The average Bonchev–Trinajstić information content (AvgIpc) is 2.74. The predicted molar refractivity (Wildman–Crippen MR) is 135 cm³/mol. The van der Waals surface area contributed by atoms with Crippen LogP contribution in [0.2, 0.25) is 0 Å². The zero-order valence-corrected chi connectivity index (χ0v) is 21.8. The lowest BCUT2D eigenvalue weighted by atomic mass is 10.1. The Kier molecular flexibility index (Phi) is 8.35. The molecule has 10 heteroatoms. The minimum absolute atomic E-state index is 0.0816. The number of hydrogen-bond acceptors (Lipinski definition) is 8. The number of nitrogens with zero attached hydrogens (tertiary/aromatic N) is 1. The van der Waals surface area contributed by atoms with Crippen molar-refractivity contribution in [2.45, 2.75) is 58.0 Å². The molecular weight excluding hydrogens is 481 g/mol. The zero-order chi connectivity index (χ0) is 24.2. The fraction of sp³-hybridized carbons (Fsp3) is 0.435. The molecule has 0 fully saturated rings. The Balaban J connectivity index is 2.01. The van der Waals surface area contributed by atoms with E-state index in [-0.39, 0.29) is 28.3 Å². The molecule has 2 aromatic carbocycles. The first-order chi connectivity index (χ1) is 15.6. The van der Waals surface area contributed by atoms with Gasteiger partial charge in [-0.3, -0.25) is 9.05 Å². The number of sulfone groups is 1. The van der Waals surface area contributed by atoms with Crippen LogP contribution >= 0.6 is 6.72 Å². The number of hydrogen-bond donors (Lipinski definition) is 1. The van der Waals surface area contributed by atoms with Gasteiger partial charge in [-0.15, -0.1) is 0 Å². The highest BCUT2D eigenvalue weighted by Crippen LogP contribution is 2.53. The van der Waals surface area contributed by atoms with Gasteiger partial charge in [0.2, 0.25) is 0 Å². The van der Waals surface area contributed by atoms with Crippen LogP contribution in [0.1, 0.15) is 47.0 Å². The molecular formula is C23H30NO6PS2. The molecule has 0 aliphatic heterocycles. The van der Waals surface area contributed by atoms with Gasteiger partial charge >= 0.3 is 6.72 Å². The van der Waals surface area contributed by atoms with Gasteiger partial charge in [-0.2, -0.15) is 0 Å². The molecule has 7 nitrogen and oxygen atoms in total. The van der Waals surface area contributed by atoms with Gasteiger partial charge in [-0.25, -0.2) is 13.4 Å². The molecule has 0 aliphatic rings. The molecule has 0 spiro atoms. The van der Waals surface area contributed by atoms with Crippen LogP contribution in [-0.4, -0.2) is 37.0 Å². The maximum atomic E-state index is 12.4. The fourth-order valence-electron chi connectivity index (χ4n) is 3.53. The van der Waals surface area contributed by atoms with Crippen molar-refractivity contribution in [3.63, 3.8) is 0 Å². The molecule has 180 valence electrons. The molecule has 0 bridgehead atoms. The summed E-state index contributed by atoms with van der Waals surface area (Å²) in [7, 11) is -3.36. The van der Waals surface area contributed by atoms with Crippen LogP contribution in [0.5, 0.6) is 11.5 Å². The summed E-state index contributed by atoms with van der Waals surface area (Å²) in [6.07, 6.45) is 2.14. The van der Waals surface area contributed by atoms with Crippen LogP contribution in [0.4, 0.5) is 0 Å². The molecule has 0 amide bonds. The van der Waals surface area contributed by atoms with Gasteiger partial charge in [-0.1, -0.05) is 26.3 Å². The maximum Gasteiger partial charge on any atom is 0.380 e. The minimum atomic E-state index is -3.36. The van der Waals surface area contributed by atoms with Crippen molar-refractivity contribution < 1.29 is 27.1 Å². The lowest BCUT2D eigenvalue weighted by Crippen LogP contribution is -2.11.